The molecule has 0 radical (unpaired) electrons. The molecular formula is C34H22N4S. The first-order valence-electron chi connectivity index (χ1n) is 12.9. The first-order chi connectivity index (χ1) is 19.2. The van der Waals surface area contributed by atoms with Crippen LogP contribution in [0.3, 0.4) is 0 Å². The van der Waals surface area contributed by atoms with Crippen LogP contribution in [0.1, 0.15) is 5.56 Å². The predicted molar refractivity (Wildman–Crippen MR) is 163 cm³/mol. The molecule has 4 nitrogen and oxygen atoms in total. The zero-order valence-electron chi connectivity index (χ0n) is 21.2. The molecule has 3 heterocycles. The predicted octanol–water partition coefficient (Wildman–Crippen LogP) is 8.98. The zero-order valence-corrected chi connectivity index (χ0v) is 22.0. The summed E-state index contributed by atoms with van der Waals surface area (Å²) >= 11 is 1.86. The van der Waals surface area contributed by atoms with Crippen LogP contribution in [-0.4, -0.2) is 19.5 Å². The second kappa shape index (κ2) is 8.58. The van der Waals surface area contributed by atoms with Crippen molar-refractivity contribution in [1.82, 2.24) is 19.5 Å². The molecule has 0 unspecified atom stereocenters. The Morgan fingerprint density at radius 3 is 2.21 bits per heavy atom. The maximum Gasteiger partial charge on any atom is 0.162 e. The van der Waals surface area contributed by atoms with Gasteiger partial charge < -0.3 is 4.57 Å². The summed E-state index contributed by atoms with van der Waals surface area (Å²) in [6.45, 7) is 2.12. The number of aromatic nitrogens is 4. The van der Waals surface area contributed by atoms with Gasteiger partial charge in [0.2, 0.25) is 0 Å². The number of para-hydroxylation sites is 2. The number of hydrogen-bond acceptors (Lipinski definition) is 4. The van der Waals surface area contributed by atoms with Crippen molar-refractivity contribution in [2.45, 2.75) is 6.92 Å². The molecule has 39 heavy (non-hydrogen) atoms. The SMILES string of the molecule is Cc1cc(-c2ccc3sc4cc5c(cc4c3c2)c2ccccc2n5-c2ccccc2)cc(-c2ncncn2)c1. The molecule has 8 aromatic rings. The van der Waals surface area contributed by atoms with Crippen LogP contribution in [0.2, 0.25) is 0 Å². The molecule has 0 spiro atoms. The molecule has 184 valence electrons. The van der Waals surface area contributed by atoms with E-state index in [1.54, 1.807) is 12.7 Å². The summed E-state index contributed by atoms with van der Waals surface area (Å²) in [7, 11) is 0. The van der Waals surface area contributed by atoms with Crippen LogP contribution < -0.4 is 0 Å². The monoisotopic (exact) mass is 518 g/mol. The van der Waals surface area contributed by atoms with Crippen LogP contribution in [0.4, 0.5) is 0 Å². The number of nitrogens with zero attached hydrogens (tertiary/aromatic N) is 4. The lowest BCUT2D eigenvalue weighted by Gasteiger charge is -2.08. The maximum atomic E-state index is 4.36. The van der Waals surface area contributed by atoms with E-state index in [-0.39, 0.29) is 0 Å². The summed E-state index contributed by atoms with van der Waals surface area (Å²) in [4.78, 5) is 12.7. The van der Waals surface area contributed by atoms with Crippen LogP contribution in [-0.2, 0) is 0 Å². The van der Waals surface area contributed by atoms with Crippen molar-refractivity contribution >= 4 is 53.3 Å². The molecule has 3 aromatic heterocycles. The largest absolute Gasteiger partial charge is 0.309 e. The van der Waals surface area contributed by atoms with Gasteiger partial charge in [0.25, 0.3) is 0 Å². The third kappa shape index (κ3) is 3.55. The molecule has 0 fully saturated rings. The quantitative estimate of drug-likeness (QED) is 0.234. The molecule has 0 saturated heterocycles. The minimum atomic E-state index is 0.689. The molecule has 0 aliphatic rings. The smallest absolute Gasteiger partial charge is 0.162 e. The maximum absolute atomic E-state index is 4.36. The van der Waals surface area contributed by atoms with Crippen LogP contribution in [0.25, 0.3) is 70.2 Å². The number of fused-ring (bicyclic) bond motifs is 6. The molecule has 0 atom stereocenters. The van der Waals surface area contributed by atoms with Gasteiger partial charge in [-0.05, 0) is 78.2 Å². The minimum Gasteiger partial charge on any atom is -0.309 e. The third-order valence-electron chi connectivity index (χ3n) is 7.44. The zero-order chi connectivity index (χ0) is 25.9. The van der Waals surface area contributed by atoms with E-state index in [1.165, 1.54) is 58.8 Å². The summed E-state index contributed by atoms with van der Waals surface area (Å²) in [6, 6.07) is 37.4. The van der Waals surface area contributed by atoms with E-state index in [2.05, 4.69) is 130 Å². The van der Waals surface area contributed by atoms with Crippen molar-refractivity contribution in [2.24, 2.45) is 0 Å². The Hall–Kier alpha value is -4.87. The van der Waals surface area contributed by atoms with Crippen molar-refractivity contribution in [2.75, 3.05) is 0 Å². The van der Waals surface area contributed by atoms with E-state index in [1.807, 2.05) is 11.3 Å². The molecule has 0 saturated carbocycles. The van der Waals surface area contributed by atoms with Crippen molar-refractivity contribution in [1.29, 1.82) is 0 Å². The molecule has 0 bridgehead atoms. The van der Waals surface area contributed by atoms with Gasteiger partial charge in [-0.1, -0.05) is 48.5 Å². The summed E-state index contributed by atoms with van der Waals surface area (Å²) in [5, 5.41) is 5.13. The van der Waals surface area contributed by atoms with Crippen molar-refractivity contribution in [3.05, 3.63) is 121 Å². The highest BCUT2D eigenvalue weighted by Gasteiger charge is 2.16. The van der Waals surface area contributed by atoms with Gasteiger partial charge in [0.05, 0.1) is 11.0 Å². The Morgan fingerprint density at radius 2 is 1.33 bits per heavy atom. The number of rotatable bonds is 3. The molecule has 8 rings (SSSR count). The Kier molecular flexibility index (Phi) is 4.87. The molecular weight excluding hydrogens is 496 g/mol. The van der Waals surface area contributed by atoms with Crippen LogP contribution in [0.5, 0.6) is 0 Å². The van der Waals surface area contributed by atoms with Gasteiger partial charge in [-0.2, -0.15) is 0 Å². The fourth-order valence-corrected chi connectivity index (χ4v) is 6.84. The molecule has 5 aromatic carbocycles. The highest BCUT2D eigenvalue weighted by molar-refractivity contribution is 7.25. The molecule has 0 N–H and O–H groups in total. The van der Waals surface area contributed by atoms with Crippen LogP contribution >= 0.6 is 11.3 Å². The second-order valence-electron chi connectivity index (χ2n) is 9.92. The number of thiophene rings is 1. The molecule has 0 aliphatic heterocycles. The van der Waals surface area contributed by atoms with E-state index >= 15 is 0 Å². The summed E-state index contributed by atoms with van der Waals surface area (Å²) in [6.07, 6.45) is 3.09. The Labute approximate surface area is 228 Å². The number of hydrogen-bond donors (Lipinski definition) is 0. The van der Waals surface area contributed by atoms with E-state index < -0.39 is 0 Å². The van der Waals surface area contributed by atoms with Gasteiger partial charge in [-0.3, -0.25) is 0 Å². The van der Waals surface area contributed by atoms with Gasteiger partial charge in [0, 0.05) is 42.2 Å². The normalized spacial score (nSPS) is 11.7. The highest BCUT2D eigenvalue weighted by Crippen LogP contribution is 2.42. The average molecular weight is 519 g/mol. The number of benzene rings is 5. The van der Waals surface area contributed by atoms with E-state index in [4.69, 9.17) is 0 Å². The lowest BCUT2D eigenvalue weighted by molar-refractivity contribution is 1.06. The molecule has 0 amide bonds. The highest BCUT2D eigenvalue weighted by atomic mass is 32.1. The first kappa shape index (κ1) is 22.1. The fraction of sp³-hybridized carbons (Fsp3) is 0.0294. The second-order valence-corrected chi connectivity index (χ2v) is 11.0. The van der Waals surface area contributed by atoms with Crippen molar-refractivity contribution in [3.8, 4) is 28.2 Å². The Bertz CT molecular complexity index is 2180. The molecule has 5 heteroatoms. The van der Waals surface area contributed by atoms with Gasteiger partial charge in [-0.15, -0.1) is 11.3 Å². The minimum absolute atomic E-state index is 0.689. The van der Waals surface area contributed by atoms with Crippen molar-refractivity contribution < 1.29 is 0 Å². The topological polar surface area (TPSA) is 43.6 Å². The van der Waals surface area contributed by atoms with E-state index in [9.17, 15) is 0 Å². The average Bonchev–Trinajstić information content (AvgIpc) is 3.51. The van der Waals surface area contributed by atoms with E-state index in [0.717, 1.165) is 11.1 Å². The standard InChI is InChI=1S/C34H22N4S/c1-21-13-23(15-24(14-21)34-36-19-35-20-37-34)22-11-12-32-28(16-22)29-17-27-26-9-5-6-10-30(26)38(25-7-3-2-4-8-25)31(27)18-33(29)39-32/h2-20H,1H3. The Morgan fingerprint density at radius 1 is 0.564 bits per heavy atom. The fourth-order valence-electron chi connectivity index (χ4n) is 5.74. The van der Waals surface area contributed by atoms with Crippen LogP contribution in [0.15, 0.2) is 116 Å². The summed E-state index contributed by atoms with van der Waals surface area (Å²) in [5.41, 5.74) is 8.17. The third-order valence-corrected chi connectivity index (χ3v) is 8.57. The van der Waals surface area contributed by atoms with Gasteiger partial charge in [0.1, 0.15) is 12.7 Å². The van der Waals surface area contributed by atoms with Gasteiger partial charge in [-0.25, -0.2) is 15.0 Å². The van der Waals surface area contributed by atoms with Crippen LogP contribution in [0, 0.1) is 6.92 Å². The number of aryl methyl sites for hydroxylation is 1. The molecule has 0 aliphatic carbocycles. The summed E-state index contributed by atoms with van der Waals surface area (Å²) in [5.74, 6) is 0.689. The first-order valence-corrected chi connectivity index (χ1v) is 13.7. The summed E-state index contributed by atoms with van der Waals surface area (Å²) < 4.78 is 4.97. The Balaban J connectivity index is 1.36. The van der Waals surface area contributed by atoms with Gasteiger partial charge in [0.15, 0.2) is 5.82 Å². The van der Waals surface area contributed by atoms with E-state index in [0.29, 0.717) is 5.82 Å². The van der Waals surface area contributed by atoms with Gasteiger partial charge >= 0.3 is 0 Å². The lowest BCUT2D eigenvalue weighted by Crippen LogP contribution is -1.92. The van der Waals surface area contributed by atoms with Crippen molar-refractivity contribution in [3.63, 3.8) is 0 Å². The lowest BCUT2D eigenvalue weighted by atomic mass is 9.98.